The number of rotatable bonds is 4. The van der Waals surface area contributed by atoms with Gasteiger partial charge in [-0.25, -0.2) is 4.98 Å². The fourth-order valence-corrected chi connectivity index (χ4v) is 1.57. The maximum atomic E-state index is 4.80. The van der Waals surface area contributed by atoms with Gasteiger partial charge in [0, 0.05) is 31.5 Å². The lowest BCUT2D eigenvalue weighted by molar-refractivity contribution is 0.0867. The molecule has 1 heterocycles. The first-order valence-corrected chi connectivity index (χ1v) is 5.14. The van der Waals surface area contributed by atoms with Gasteiger partial charge in [-0.1, -0.05) is 24.3 Å². The number of hydrogen-bond donors (Lipinski definition) is 1. The molecule has 2 aromatic rings. The van der Waals surface area contributed by atoms with Crippen molar-refractivity contribution in [1.82, 2.24) is 15.0 Å². The van der Waals surface area contributed by atoms with Crippen molar-refractivity contribution in [2.75, 3.05) is 7.11 Å². The average Bonchev–Trinajstić information content (AvgIpc) is 2.74. The van der Waals surface area contributed by atoms with E-state index in [-0.39, 0.29) is 0 Å². The van der Waals surface area contributed by atoms with E-state index in [9.17, 15) is 0 Å². The van der Waals surface area contributed by atoms with Crippen molar-refractivity contribution >= 4 is 0 Å². The largest absolute Gasteiger partial charge is 0.334 e. The van der Waals surface area contributed by atoms with Crippen LogP contribution in [0, 0.1) is 0 Å². The van der Waals surface area contributed by atoms with Gasteiger partial charge in [0.15, 0.2) is 0 Å². The van der Waals surface area contributed by atoms with Crippen LogP contribution in [0.2, 0.25) is 0 Å². The monoisotopic (exact) mass is 217 g/mol. The Bertz CT molecular complexity index is 448. The third-order valence-corrected chi connectivity index (χ3v) is 2.45. The van der Waals surface area contributed by atoms with E-state index in [1.54, 1.807) is 13.3 Å². The third kappa shape index (κ3) is 2.29. The van der Waals surface area contributed by atoms with Crippen LogP contribution in [0.4, 0.5) is 0 Å². The normalized spacial score (nSPS) is 10.6. The predicted octanol–water partition coefficient (Wildman–Crippen LogP) is 1.74. The van der Waals surface area contributed by atoms with E-state index < -0.39 is 0 Å². The SMILES string of the molecule is CONCc1ccc(-c2nccn2C)cc1. The molecule has 4 nitrogen and oxygen atoms in total. The van der Waals surface area contributed by atoms with Gasteiger partial charge < -0.3 is 9.40 Å². The molecule has 0 atom stereocenters. The van der Waals surface area contributed by atoms with Crippen LogP contribution in [0.5, 0.6) is 0 Å². The summed E-state index contributed by atoms with van der Waals surface area (Å²) in [5.41, 5.74) is 5.11. The first-order chi connectivity index (χ1) is 7.81. The van der Waals surface area contributed by atoms with Crippen LogP contribution in [-0.4, -0.2) is 16.7 Å². The summed E-state index contributed by atoms with van der Waals surface area (Å²) >= 11 is 0. The minimum atomic E-state index is 0.706. The quantitative estimate of drug-likeness (QED) is 0.793. The lowest BCUT2D eigenvalue weighted by Crippen LogP contribution is -2.10. The lowest BCUT2D eigenvalue weighted by atomic mass is 10.1. The van der Waals surface area contributed by atoms with E-state index in [2.05, 4.69) is 34.7 Å². The van der Waals surface area contributed by atoms with E-state index in [0.717, 1.165) is 11.4 Å². The van der Waals surface area contributed by atoms with Crippen LogP contribution in [0.3, 0.4) is 0 Å². The van der Waals surface area contributed by atoms with Crippen molar-refractivity contribution in [3.05, 3.63) is 42.2 Å². The number of hydrogen-bond acceptors (Lipinski definition) is 3. The van der Waals surface area contributed by atoms with Crippen LogP contribution in [-0.2, 0) is 18.4 Å². The summed E-state index contributed by atoms with van der Waals surface area (Å²) in [6, 6.07) is 8.26. The van der Waals surface area contributed by atoms with Crippen molar-refractivity contribution in [2.24, 2.45) is 7.05 Å². The van der Waals surface area contributed by atoms with Gasteiger partial charge >= 0.3 is 0 Å². The smallest absolute Gasteiger partial charge is 0.139 e. The topological polar surface area (TPSA) is 39.1 Å². The fourth-order valence-electron chi connectivity index (χ4n) is 1.57. The molecule has 0 aliphatic heterocycles. The molecule has 0 unspecified atom stereocenters. The first-order valence-electron chi connectivity index (χ1n) is 5.14. The highest BCUT2D eigenvalue weighted by Crippen LogP contribution is 2.16. The maximum absolute atomic E-state index is 4.80. The summed E-state index contributed by atoms with van der Waals surface area (Å²) in [7, 11) is 3.60. The Hall–Kier alpha value is -1.65. The highest BCUT2D eigenvalue weighted by atomic mass is 16.6. The Morgan fingerprint density at radius 1 is 1.31 bits per heavy atom. The molecule has 2 rings (SSSR count). The molecule has 0 bridgehead atoms. The number of benzene rings is 1. The molecule has 0 amide bonds. The number of aryl methyl sites for hydroxylation is 1. The number of nitrogens with one attached hydrogen (secondary N) is 1. The molecule has 0 saturated carbocycles. The van der Waals surface area contributed by atoms with Gasteiger partial charge in [0.25, 0.3) is 0 Å². The lowest BCUT2D eigenvalue weighted by Gasteiger charge is -2.04. The average molecular weight is 217 g/mol. The second kappa shape index (κ2) is 4.92. The summed E-state index contributed by atoms with van der Waals surface area (Å²) in [6.45, 7) is 0.706. The van der Waals surface area contributed by atoms with Crippen LogP contribution in [0.25, 0.3) is 11.4 Å². The van der Waals surface area contributed by atoms with E-state index >= 15 is 0 Å². The Balaban J connectivity index is 2.16. The van der Waals surface area contributed by atoms with E-state index in [4.69, 9.17) is 4.84 Å². The number of aromatic nitrogens is 2. The molecule has 1 N–H and O–H groups in total. The Labute approximate surface area is 94.8 Å². The minimum Gasteiger partial charge on any atom is -0.334 e. The second-order valence-corrected chi connectivity index (χ2v) is 3.58. The molecule has 1 aromatic heterocycles. The van der Waals surface area contributed by atoms with E-state index in [1.807, 2.05) is 17.8 Å². The summed E-state index contributed by atoms with van der Waals surface area (Å²) in [6.07, 6.45) is 3.74. The van der Waals surface area contributed by atoms with Crippen molar-refractivity contribution in [3.8, 4) is 11.4 Å². The molecule has 4 heteroatoms. The second-order valence-electron chi connectivity index (χ2n) is 3.58. The van der Waals surface area contributed by atoms with E-state index in [1.165, 1.54) is 5.56 Å². The Kier molecular flexibility index (Phi) is 3.34. The van der Waals surface area contributed by atoms with Crippen molar-refractivity contribution < 1.29 is 4.84 Å². The fraction of sp³-hybridized carbons (Fsp3) is 0.250. The van der Waals surface area contributed by atoms with Gasteiger partial charge in [-0.05, 0) is 5.56 Å². The summed E-state index contributed by atoms with van der Waals surface area (Å²) < 4.78 is 2.00. The third-order valence-electron chi connectivity index (χ3n) is 2.45. The molecule has 1 aromatic carbocycles. The molecular formula is C12H15N3O. The van der Waals surface area contributed by atoms with Gasteiger partial charge in [0.2, 0.25) is 0 Å². The summed E-state index contributed by atoms with van der Waals surface area (Å²) in [5, 5.41) is 0. The van der Waals surface area contributed by atoms with Crippen LogP contribution in [0.15, 0.2) is 36.7 Å². The highest BCUT2D eigenvalue weighted by Gasteiger charge is 2.02. The van der Waals surface area contributed by atoms with Gasteiger partial charge in [0.05, 0.1) is 7.11 Å². The molecule has 0 spiro atoms. The summed E-state index contributed by atoms with van der Waals surface area (Å²) in [4.78, 5) is 9.10. The molecule has 0 aliphatic rings. The van der Waals surface area contributed by atoms with Crippen molar-refractivity contribution in [2.45, 2.75) is 6.54 Å². The molecule has 0 radical (unpaired) electrons. The number of hydroxylamine groups is 1. The van der Waals surface area contributed by atoms with Crippen molar-refractivity contribution in [1.29, 1.82) is 0 Å². The Morgan fingerprint density at radius 2 is 2.06 bits per heavy atom. The zero-order valence-electron chi connectivity index (χ0n) is 9.47. The number of nitrogens with zero attached hydrogens (tertiary/aromatic N) is 2. The maximum Gasteiger partial charge on any atom is 0.139 e. The molecule has 0 saturated heterocycles. The molecule has 0 aliphatic carbocycles. The van der Waals surface area contributed by atoms with Gasteiger partial charge in [-0.15, -0.1) is 0 Å². The van der Waals surface area contributed by atoms with Crippen LogP contribution >= 0.6 is 0 Å². The summed E-state index contributed by atoms with van der Waals surface area (Å²) in [5.74, 6) is 0.978. The molecule has 16 heavy (non-hydrogen) atoms. The van der Waals surface area contributed by atoms with Crippen molar-refractivity contribution in [3.63, 3.8) is 0 Å². The Morgan fingerprint density at radius 3 is 2.62 bits per heavy atom. The zero-order chi connectivity index (χ0) is 11.4. The van der Waals surface area contributed by atoms with Gasteiger partial charge in [-0.2, -0.15) is 5.48 Å². The molecular weight excluding hydrogens is 202 g/mol. The number of imidazole rings is 1. The minimum absolute atomic E-state index is 0.706. The standard InChI is InChI=1S/C12H15N3O/c1-15-8-7-13-12(15)11-5-3-10(4-6-11)9-14-16-2/h3-8,14H,9H2,1-2H3. The molecule has 84 valence electrons. The first kappa shape index (κ1) is 10.9. The van der Waals surface area contributed by atoms with Gasteiger partial charge in [0.1, 0.15) is 5.82 Å². The zero-order valence-corrected chi connectivity index (χ0v) is 9.47. The van der Waals surface area contributed by atoms with Crippen LogP contribution in [0.1, 0.15) is 5.56 Å². The highest BCUT2D eigenvalue weighted by molar-refractivity contribution is 5.55. The predicted molar refractivity (Wildman–Crippen MR) is 62.5 cm³/mol. The van der Waals surface area contributed by atoms with Crippen LogP contribution < -0.4 is 5.48 Å². The molecule has 0 fully saturated rings. The van der Waals surface area contributed by atoms with Gasteiger partial charge in [-0.3, -0.25) is 0 Å². The van der Waals surface area contributed by atoms with E-state index in [0.29, 0.717) is 6.54 Å².